The van der Waals surface area contributed by atoms with E-state index in [-0.39, 0.29) is 6.04 Å². The van der Waals surface area contributed by atoms with Crippen molar-refractivity contribution in [3.8, 4) is 5.75 Å². The van der Waals surface area contributed by atoms with Crippen molar-refractivity contribution in [3.63, 3.8) is 0 Å². The molecule has 0 spiro atoms. The first kappa shape index (κ1) is 16.0. The standard InChI is InChI=1S/C16H28N2O/c1-12(2)9-15(18(4)5)11-17-13(3)14-7-6-8-16(19)10-14/h6-8,10,12-13,15,17,19H,9,11H2,1-5H3. The molecular formula is C16H28N2O. The van der Waals surface area contributed by atoms with Gasteiger partial charge in [0.05, 0.1) is 0 Å². The molecule has 3 nitrogen and oxygen atoms in total. The van der Waals surface area contributed by atoms with Crippen LogP contribution in [-0.2, 0) is 0 Å². The Bertz CT molecular complexity index is 377. The van der Waals surface area contributed by atoms with Crippen molar-refractivity contribution < 1.29 is 5.11 Å². The van der Waals surface area contributed by atoms with Crippen molar-refractivity contribution in [3.05, 3.63) is 29.8 Å². The largest absolute Gasteiger partial charge is 0.508 e. The molecular weight excluding hydrogens is 236 g/mol. The maximum Gasteiger partial charge on any atom is 0.115 e. The highest BCUT2D eigenvalue weighted by molar-refractivity contribution is 5.29. The molecule has 0 bridgehead atoms. The second kappa shape index (κ2) is 7.51. The zero-order valence-electron chi connectivity index (χ0n) is 12.9. The molecule has 2 atom stereocenters. The number of aromatic hydroxyl groups is 1. The number of nitrogens with one attached hydrogen (secondary N) is 1. The lowest BCUT2D eigenvalue weighted by Gasteiger charge is -2.28. The molecule has 0 aliphatic heterocycles. The van der Waals surface area contributed by atoms with Crippen LogP contribution in [-0.4, -0.2) is 36.7 Å². The summed E-state index contributed by atoms with van der Waals surface area (Å²) in [7, 11) is 4.27. The van der Waals surface area contributed by atoms with Gasteiger partial charge in [0.1, 0.15) is 5.75 Å². The number of phenolic OH excluding ortho intramolecular Hbond substituents is 1. The van der Waals surface area contributed by atoms with E-state index in [0.29, 0.717) is 17.7 Å². The summed E-state index contributed by atoms with van der Waals surface area (Å²) in [5.74, 6) is 1.03. The molecule has 0 fully saturated rings. The Morgan fingerprint density at radius 3 is 2.42 bits per heavy atom. The van der Waals surface area contributed by atoms with E-state index in [9.17, 15) is 5.11 Å². The van der Waals surface area contributed by atoms with Crippen LogP contribution in [0.25, 0.3) is 0 Å². The number of likely N-dealkylation sites (N-methyl/N-ethyl adjacent to an activating group) is 1. The Labute approximate surface area is 117 Å². The summed E-state index contributed by atoms with van der Waals surface area (Å²) >= 11 is 0. The molecule has 1 aromatic rings. The van der Waals surface area contributed by atoms with Gasteiger partial charge in [-0.3, -0.25) is 0 Å². The summed E-state index contributed by atoms with van der Waals surface area (Å²) in [4.78, 5) is 2.28. The maximum absolute atomic E-state index is 9.51. The predicted molar refractivity (Wildman–Crippen MR) is 81.5 cm³/mol. The zero-order valence-corrected chi connectivity index (χ0v) is 12.9. The van der Waals surface area contributed by atoms with Crippen LogP contribution in [0.4, 0.5) is 0 Å². The summed E-state index contributed by atoms with van der Waals surface area (Å²) in [5.41, 5.74) is 1.13. The third kappa shape index (κ3) is 5.62. The molecule has 0 aliphatic rings. The van der Waals surface area contributed by atoms with E-state index in [2.05, 4.69) is 45.1 Å². The molecule has 0 aromatic heterocycles. The topological polar surface area (TPSA) is 35.5 Å². The second-order valence-corrected chi connectivity index (χ2v) is 5.97. The third-order valence-corrected chi connectivity index (χ3v) is 3.50. The summed E-state index contributed by atoms with van der Waals surface area (Å²) in [6, 6.07) is 8.26. The van der Waals surface area contributed by atoms with Gasteiger partial charge in [0.2, 0.25) is 0 Å². The van der Waals surface area contributed by atoms with E-state index < -0.39 is 0 Å². The van der Waals surface area contributed by atoms with E-state index in [1.165, 1.54) is 6.42 Å². The first-order valence-electron chi connectivity index (χ1n) is 7.09. The molecule has 0 radical (unpaired) electrons. The number of phenols is 1. The molecule has 0 amide bonds. The van der Waals surface area contributed by atoms with Gasteiger partial charge in [-0.1, -0.05) is 26.0 Å². The second-order valence-electron chi connectivity index (χ2n) is 5.97. The molecule has 2 unspecified atom stereocenters. The van der Waals surface area contributed by atoms with Gasteiger partial charge in [0.15, 0.2) is 0 Å². The Morgan fingerprint density at radius 2 is 1.89 bits per heavy atom. The highest BCUT2D eigenvalue weighted by atomic mass is 16.3. The van der Waals surface area contributed by atoms with Gasteiger partial charge < -0.3 is 15.3 Å². The van der Waals surface area contributed by atoms with Crippen molar-refractivity contribution in [1.29, 1.82) is 0 Å². The van der Waals surface area contributed by atoms with E-state index in [1.54, 1.807) is 6.07 Å². The molecule has 3 heteroatoms. The van der Waals surface area contributed by atoms with Gasteiger partial charge in [0, 0.05) is 18.6 Å². The van der Waals surface area contributed by atoms with Gasteiger partial charge in [-0.2, -0.15) is 0 Å². The Balaban J connectivity index is 2.54. The number of benzene rings is 1. The van der Waals surface area contributed by atoms with Crippen molar-refractivity contribution in [2.75, 3.05) is 20.6 Å². The number of nitrogens with zero attached hydrogens (tertiary/aromatic N) is 1. The van der Waals surface area contributed by atoms with Crippen LogP contribution >= 0.6 is 0 Å². The lowest BCUT2D eigenvalue weighted by atomic mass is 10.0. The quantitative estimate of drug-likeness (QED) is 0.794. The minimum atomic E-state index is 0.252. The van der Waals surface area contributed by atoms with Crippen LogP contribution in [0.2, 0.25) is 0 Å². The molecule has 2 N–H and O–H groups in total. The Kier molecular flexibility index (Phi) is 6.32. The van der Waals surface area contributed by atoms with Crippen LogP contribution < -0.4 is 5.32 Å². The molecule has 19 heavy (non-hydrogen) atoms. The van der Waals surface area contributed by atoms with Gasteiger partial charge in [0.25, 0.3) is 0 Å². The monoisotopic (exact) mass is 264 g/mol. The minimum absolute atomic E-state index is 0.252. The molecule has 1 aromatic carbocycles. The maximum atomic E-state index is 9.51. The smallest absolute Gasteiger partial charge is 0.115 e. The SMILES string of the molecule is CC(C)CC(CNC(C)c1cccc(O)c1)N(C)C. The first-order valence-corrected chi connectivity index (χ1v) is 7.09. The molecule has 0 saturated carbocycles. The fourth-order valence-electron chi connectivity index (χ4n) is 2.25. The highest BCUT2D eigenvalue weighted by Gasteiger charge is 2.15. The average molecular weight is 264 g/mol. The summed E-state index contributed by atoms with van der Waals surface area (Å²) in [6.07, 6.45) is 1.19. The van der Waals surface area contributed by atoms with Crippen LogP contribution in [0.15, 0.2) is 24.3 Å². The average Bonchev–Trinajstić information content (AvgIpc) is 2.33. The predicted octanol–water partition coefficient (Wildman–Crippen LogP) is 3.02. The first-order chi connectivity index (χ1) is 8.90. The van der Waals surface area contributed by atoms with Crippen molar-refractivity contribution in [2.45, 2.75) is 39.3 Å². The normalized spacial score (nSPS) is 14.9. The molecule has 0 heterocycles. The minimum Gasteiger partial charge on any atom is -0.508 e. The summed E-state index contributed by atoms with van der Waals surface area (Å²) < 4.78 is 0. The fourth-order valence-corrected chi connectivity index (χ4v) is 2.25. The van der Waals surface area contributed by atoms with Gasteiger partial charge in [-0.25, -0.2) is 0 Å². The van der Waals surface area contributed by atoms with Gasteiger partial charge >= 0.3 is 0 Å². The van der Waals surface area contributed by atoms with Crippen LogP contribution in [0.1, 0.15) is 38.8 Å². The Hall–Kier alpha value is -1.06. The summed E-state index contributed by atoms with van der Waals surface area (Å²) in [5, 5.41) is 13.1. The lowest BCUT2D eigenvalue weighted by Crippen LogP contribution is -2.39. The van der Waals surface area contributed by atoms with Crippen molar-refractivity contribution in [1.82, 2.24) is 10.2 Å². The van der Waals surface area contributed by atoms with Crippen molar-refractivity contribution >= 4 is 0 Å². The van der Waals surface area contributed by atoms with E-state index in [1.807, 2.05) is 18.2 Å². The number of rotatable bonds is 7. The van der Waals surface area contributed by atoms with Crippen LogP contribution in [0, 0.1) is 5.92 Å². The van der Waals surface area contributed by atoms with Crippen LogP contribution in [0.5, 0.6) is 5.75 Å². The number of hydrogen-bond donors (Lipinski definition) is 2. The molecule has 108 valence electrons. The van der Waals surface area contributed by atoms with E-state index in [4.69, 9.17) is 0 Å². The summed E-state index contributed by atoms with van der Waals surface area (Å²) in [6.45, 7) is 7.61. The lowest BCUT2D eigenvalue weighted by molar-refractivity contribution is 0.242. The number of hydrogen-bond acceptors (Lipinski definition) is 3. The van der Waals surface area contributed by atoms with Crippen LogP contribution in [0.3, 0.4) is 0 Å². The third-order valence-electron chi connectivity index (χ3n) is 3.50. The van der Waals surface area contributed by atoms with Crippen molar-refractivity contribution in [2.24, 2.45) is 5.92 Å². The Morgan fingerprint density at radius 1 is 1.21 bits per heavy atom. The molecule has 0 aliphatic carbocycles. The van der Waals surface area contributed by atoms with Gasteiger partial charge in [-0.15, -0.1) is 0 Å². The highest BCUT2D eigenvalue weighted by Crippen LogP contribution is 2.18. The van der Waals surface area contributed by atoms with E-state index >= 15 is 0 Å². The van der Waals surface area contributed by atoms with Gasteiger partial charge in [-0.05, 0) is 51.1 Å². The molecule has 1 rings (SSSR count). The molecule has 0 saturated heterocycles. The zero-order chi connectivity index (χ0) is 14.4. The van der Waals surface area contributed by atoms with E-state index in [0.717, 1.165) is 12.1 Å². The fraction of sp³-hybridized carbons (Fsp3) is 0.625.